The summed E-state index contributed by atoms with van der Waals surface area (Å²) in [4.78, 5) is 3.67. The van der Waals surface area contributed by atoms with Crippen molar-refractivity contribution in [1.29, 1.82) is 0 Å². The van der Waals surface area contributed by atoms with E-state index in [4.69, 9.17) is 0 Å². The first-order valence-electron chi connectivity index (χ1n) is 8.33. The number of aryl methyl sites for hydroxylation is 1. The van der Waals surface area contributed by atoms with Crippen molar-refractivity contribution in [3.8, 4) is 0 Å². The molecule has 0 spiro atoms. The maximum absolute atomic E-state index is 3.82. The van der Waals surface area contributed by atoms with Gasteiger partial charge in [0.25, 0.3) is 0 Å². The second kappa shape index (κ2) is 6.14. The van der Waals surface area contributed by atoms with Gasteiger partial charge in [-0.25, -0.2) is 0 Å². The van der Waals surface area contributed by atoms with Gasteiger partial charge in [-0.2, -0.15) is 0 Å². The molecule has 0 unspecified atom stereocenters. The summed E-state index contributed by atoms with van der Waals surface area (Å²) in [5.41, 5.74) is 5.47. The van der Waals surface area contributed by atoms with Crippen molar-refractivity contribution in [2.45, 2.75) is 38.3 Å². The van der Waals surface area contributed by atoms with Crippen LogP contribution in [0.4, 0.5) is 0 Å². The Morgan fingerprint density at radius 2 is 2.00 bits per heavy atom. The SMILES string of the molecule is C[C@@H](N[C@H]1CCCc2c1[nH]c1ccc(Br)cc21)c1ccccc1. The van der Waals surface area contributed by atoms with E-state index in [-0.39, 0.29) is 0 Å². The van der Waals surface area contributed by atoms with Crippen LogP contribution in [0.3, 0.4) is 0 Å². The highest BCUT2D eigenvalue weighted by Gasteiger charge is 2.25. The molecule has 2 atom stereocenters. The van der Waals surface area contributed by atoms with Crippen molar-refractivity contribution in [2.75, 3.05) is 0 Å². The highest BCUT2D eigenvalue weighted by atomic mass is 79.9. The molecular formula is C20H21BrN2. The normalized spacial score (nSPS) is 18.8. The minimum absolute atomic E-state index is 0.352. The van der Waals surface area contributed by atoms with E-state index in [0.717, 1.165) is 4.47 Å². The Morgan fingerprint density at radius 1 is 1.17 bits per heavy atom. The van der Waals surface area contributed by atoms with Crippen LogP contribution in [0.1, 0.15) is 48.7 Å². The van der Waals surface area contributed by atoms with E-state index in [1.165, 1.54) is 47.0 Å². The van der Waals surface area contributed by atoms with Gasteiger partial charge in [0.1, 0.15) is 0 Å². The van der Waals surface area contributed by atoms with Gasteiger partial charge >= 0.3 is 0 Å². The van der Waals surface area contributed by atoms with Gasteiger partial charge in [-0.3, -0.25) is 0 Å². The summed E-state index contributed by atoms with van der Waals surface area (Å²) < 4.78 is 1.15. The van der Waals surface area contributed by atoms with Crippen LogP contribution in [0.25, 0.3) is 10.9 Å². The van der Waals surface area contributed by atoms with Crippen LogP contribution in [0, 0.1) is 0 Å². The van der Waals surface area contributed by atoms with Crippen LogP contribution >= 0.6 is 15.9 Å². The van der Waals surface area contributed by atoms with Gasteiger partial charge in [-0.15, -0.1) is 0 Å². The fourth-order valence-electron chi connectivity index (χ4n) is 3.74. The number of halogens is 1. The topological polar surface area (TPSA) is 27.8 Å². The number of benzene rings is 2. The molecule has 3 aromatic rings. The van der Waals surface area contributed by atoms with Gasteiger partial charge in [0.2, 0.25) is 0 Å². The largest absolute Gasteiger partial charge is 0.357 e. The van der Waals surface area contributed by atoms with Crippen molar-refractivity contribution < 1.29 is 0 Å². The summed E-state index contributed by atoms with van der Waals surface area (Å²) in [6, 6.07) is 18.0. The molecule has 0 aliphatic heterocycles. The smallest absolute Gasteiger partial charge is 0.0480 e. The Balaban J connectivity index is 1.66. The van der Waals surface area contributed by atoms with E-state index in [2.05, 4.69) is 81.7 Å². The Labute approximate surface area is 145 Å². The predicted octanol–water partition coefficient (Wildman–Crippen LogP) is 5.66. The lowest BCUT2D eigenvalue weighted by Crippen LogP contribution is -2.27. The van der Waals surface area contributed by atoms with Crippen molar-refractivity contribution in [3.05, 3.63) is 69.8 Å². The lowest BCUT2D eigenvalue weighted by atomic mass is 9.91. The summed E-state index contributed by atoms with van der Waals surface area (Å²) in [7, 11) is 0. The molecule has 1 heterocycles. The molecule has 0 fully saturated rings. The Bertz CT molecular complexity index is 822. The number of aromatic nitrogens is 1. The summed E-state index contributed by atoms with van der Waals surface area (Å²) in [6.45, 7) is 2.25. The van der Waals surface area contributed by atoms with Crippen LogP contribution in [-0.2, 0) is 6.42 Å². The first-order chi connectivity index (χ1) is 11.2. The van der Waals surface area contributed by atoms with Gasteiger partial charge in [0, 0.05) is 33.2 Å². The summed E-state index contributed by atoms with van der Waals surface area (Å²) in [6.07, 6.45) is 3.60. The summed E-state index contributed by atoms with van der Waals surface area (Å²) >= 11 is 3.60. The van der Waals surface area contributed by atoms with Gasteiger partial charge in [0.15, 0.2) is 0 Å². The number of nitrogens with one attached hydrogen (secondary N) is 2. The standard InChI is InChI=1S/C20H21BrN2/c1-13(14-6-3-2-4-7-14)22-19-9-5-8-16-17-12-15(21)10-11-18(17)23-20(16)19/h2-4,6-7,10-13,19,22-23H,5,8-9H2,1H3/t13-,19+/m1/s1. The molecule has 118 valence electrons. The lowest BCUT2D eigenvalue weighted by Gasteiger charge is -2.27. The van der Waals surface area contributed by atoms with Crippen LogP contribution in [-0.4, -0.2) is 4.98 Å². The second-order valence-corrected chi connectivity index (χ2v) is 7.37. The Hall–Kier alpha value is -1.58. The molecule has 0 amide bonds. The maximum Gasteiger partial charge on any atom is 0.0480 e. The Morgan fingerprint density at radius 3 is 2.83 bits per heavy atom. The molecule has 2 N–H and O–H groups in total. The van der Waals surface area contributed by atoms with E-state index in [0.29, 0.717) is 12.1 Å². The van der Waals surface area contributed by atoms with E-state index in [9.17, 15) is 0 Å². The predicted molar refractivity (Wildman–Crippen MR) is 99.7 cm³/mol. The zero-order valence-electron chi connectivity index (χ0n) is 13.3. The van der Waals surface area contributed by atoms with Gasteiger partial charge in [0.05, 0.1) is 0 Å². The van der Waals surface area contributed by atoms with E-state index >= 15 is 0 Å². The number of H-pyrrole nitrogens is 1. The highest BCUT2D eigenvalue weighted by Crippen LogP contribution is 2.36. The maximum atomic E-state index is 3.82. The average molecular weight is 369 g/mol. The zero-order chi connectivity index (χ0) is 15.8. The average Bonchev–Trinajstić information content (AvgIpc) is 2.95. The lowest BCUT2D eigenvalue weighted by molar-refractivity contribution is 0.410. The number of hydrogen-bond acceptors (Lipinski definition) is 1. The molecule has 0 radical (unpaired) electrons. The second-order valence-electron chi connectivity index (χ2n) is 6.45. The van der Waals surface area contributed by atoms with Crippen molar-refractivity contribution in [3.63, 3.8) is 0 Å². The van der Waals surface area contributed by atoms with Gasteiger partial charge < -0.3 is 10.3 Å². The number of aromatic amines is 1. The fourth-order valence-corrected chi connectivity index (χ4v) is 4.10. The zero-order valence-corrected chi connectivity index (χ0v) is 14.9. The number of fused-ring (bicyclic) bond motifs is 3. The number of rotatable bonds is 3. The van der Waals surface area contributed by atoms with E-state index < -0.39 is 0 Å². The third-order valence-corrected chi connectivity index (χ3v) is 5.41. The summed E-state index contributed by atoms with van der Waals surface area (Å²) in [5, 5.41) is 5.19. The van der Waals surface area contributed by atoms with Crippen molar-refractivity contribution in [2.24, 2.45) is 0 Å². The van der Waals surface area contributed by atoms with E-state index in [1.54, 1.807) is 0 Å². The summed E-state index contributed by atoms with van der Waals surface area (Å²) in [5.74, 6) is 0. The third kappa shape index (κ3) is 2.84. The molecule has 1 aliphatic rings. The van der Waals surface area contributed by atoms with Crippen molar-refractivity contribution in [1.82, 2.24) is 10.3 Å². The van der Waals surface area contributed by atoms with Crippen LogP contribution in [0.2, 0.25) is 0 Å². The number of hydrogen-bond donors (Lipinski definition) is 2. The first-order valence-corrected chi connectivity index (χ1v) is 9.12. The fraction of sp³-hybridized carbons (Fsp3) is 0.300. The molecule has 1 aliphatic carbocycles. The minimum atomic E-state index is 0.352. The molecule has 0 saturated heterocycles. The van der Waals surface area contributed by atoms with Crippen LogP contribution < -0.4 is 5.32 Å². The van der Waals surface area contributed by atoms with Crippen molar-refractivity contribution >= 4 is 26.8 Å². The molecule has 2 nitrogen and oxygen atoms in total. The quantitative estimate of drug-likeness (QED) is 0.613. The molecule has 23 heavy (non-hydrogen) atoms. The van der Waals surface area contributed by atoms with Crippen LogP contribution in [0.5, 0.6) is 0 Å². The van der Waals surface area contributed by atoms with Crippen LogP contribution in [0.15, 0.2) is 53.0 Å². The molecule has 1 aromatic heterocycles. The minimum Gasteiger partial charge on any atom is -0.357 e. The third-order valence-electron chi connectivity index (χ3n) is 4.92. The molecule has 0 saturated carbocycles. The molecule has 3 heteroatoms. The molecule has 2 aromatic carbocycles. The highest BCUT2D eigenvalue weighted by molar-refractivity contribution is 9.10. The Kier molecular flexibility index (Phi) is 4.00. The molecule has 4 rings (SSSR count). The molecule has 0 bridgehead atoms. The van der Waals surface area contributed by atoms with E-state index in [1.807, 2.05) is 0 Å². The molecular weight excluding hydrogens is 348 g/mol. The van der Waals surface area contributed by atoms with Gasteiger partial charge in [-0.1, -0.05) is 46.3 Å². The van der Waals surface area contributed by atoms with Gasteiger partial charge in [-0.05, 0) is 55.5 Å². The first kappa shape index (κ1) is 15.0. The monoisotopic (exact) mass is 368 g/mol.